The number of rotatable bonds is 18. The van der Waals surface area contributed by atoms with Crippen LogP contribution in [0.3, 0.4) is 0 Å². The van der Waals surface area contributed by atoms with Crippen LogP contribution in [0.15, 0.2) is 202 Å². The highest BCUT2D eigenvalue weighted by atomic mass is 19.1. The zero-order valence-corrected chi connectivity index (χ0v) is 48.1. The first-order valence-electron chi connectivity index (χ1n) is 27.4. The largest absolute Gasteiger partial charge is 0.310 e. The van der Waals surface area contributed by atoms with Gasteiger partial charge in [0.05, 0.1) is 35.1 Å². The molecule has 0 atom stereocenters. The molecule has 0 saturated heterocycles. The minimum Gasteiger partial charge on any atom is -0.310 e. The quantitative estimate of drug-likeness (QED) is 0.0648. The van der Waals surface area contributed by atoms with Gasteiger partial charge in [0, 0.05) is 93.1 Å². The molecule has 0 aliphatic rings. The number of aromatic nitrogens is 11. The minimum atomic E-state index is -0.323. The lowest BCUT2D eigenvalue weighted by atomic mass is 10.0. The molecule has 0 bridgehead atoms. The number of benzene rings is 5. The van der Waals surface area contributed by atoms with Crippen LogP contribution in [-0.2, 0) is 26.2 Å². The van der Waals surface area contributed by atoms with Gasteiger partial charge in [-0.3, -0.25) is 0 Å². The lowest BCUT2D eigenvalue weighted by Crippen LogP contribution is -2.22. The molecule has 80 heavy (non-hydrogen) atoms. The molecular formula is C64H80FN15. The standard InChI is InChI=1S/C14H17N3.C13H16FN3.C13H17N3.C12H16N4.C12H14N2/c1-11(2)17-10-12-6-3-4-7-13(12)14-15-8-5-9-16-14;1-10(2)15-7-11-5-3-4-6-13(11)17-9-12(14)8-16-17;1-11(2)14-10-12-6-3-4-7-13(12)16-9-5-8-15-16;1-10(2)14-7-11-5-3-4-6-12(11)16-9-13-8-15-16;1-10(2)11-4-6-12(7-5-11)14-9-3-8-13-14/h3-9,11,17H,10H2,1-2H3;3-6,8-10,15H,7H2,1-2H3;3-9,11,14H,10H2,1-2H3;3-6,8-10,14H,7H2,1-2H3;3-10H,1-2H3. The molecule has 5 aromatic heterocycles. The zero-order valence-electron chi connectivity index (χ0n) is 48.1. The van der Waals surface area contributed by atoms with Crippen LogP contribution in [0.25, 0.3) is 34.1 Å². The Balaban J connectivity index is 0.000000161. The van der Waals surface area contributed by atoms with Crippen molar-refractivity contribution in [3.8, 4) is 34.1 Å². The highest BCUT2D eigenvalue weighted by Gasteiger charge is 2.10. The van der Waals surface area contributed by atoms with E-state index in [4.69, 9.17) is 0 Å². The van der Waals surface area contributed by atoms with E-state index in [1.54, 1.807) is 46.8 Å². The number of hydrogen-bond acceptors (Lipinski definition) is 11. The number of hydrogen-bond donors (Lipinski definition) is 4. The maximum absolute atomic E-state index is 13.0. The number of nitrogens with one attached hydrogen (secondary N) is 4. The maximum Gasteiger partial charge on any atom is 0.161 e. The van der Waals surface area contributed by atoms with E-state index in [0.29, 0.717) is 30.1 Å². The summed E-state index contributed by atoms with van der Waals surface area (Å²) in [4.78, 5) is 12.6. The molecule has 0 spiro atoms. The molecule has 0 aliphatic heterocycles. The molecule has 15 nitrogen and oxygen atoms in total. The molecule has 0 unspecified atom stereocenters. The van der Waals surface area contributed by atoms with Gasteiger partial charge in [-0.1, -0.05) is 160 Å². The summed E-state index contributed by atoms with van der Waals surface area (Å²) >= 11 is 0. The second-order valence-corrected chi connectivity index (χ2v) is 20.3. The second kappa shape index (κ2) is 32.6. The van der Waals surface area contributed by atoms with Gasteiger partial charge in [-0.2, -0.15) is 20.4 Å². The van der Waals surface area contributed by atoms with Crippen molar-refractivity contribution < 1.29 is 4.39 Å². The Labute approximate surface area is 472 Å². The van der Waals surface area contributed by atoms with Crippen molar-refractivity contribution in [1.29, 1.82) is 0 Å². The fraction of sp³-hybridized carbons (Fsp3) is 0.297. The predicted molar refractivity (Wildman–Crippen MR) is 321 cm³/mol. The molecule has 16 heteroatoms. The smallest absolute Gasteiger partial charge is 0.161 e. The molecule has 0 radical (unpaired) electrons. The summed E-state index contributed by atoms with van der Waals surface area (Å²) < 4.78 is 20.1. The van der Waals surface area contributed by atoms with Crippen molar-refractivity contribution in [2.45, 2.75) is 126 Å². The molecule has 0 fully saturated rings. The Morgan fingerprint density at radius 1 is 0.425 bits per heavy atom. The summed E-state index contributed by atoms with van der Waals surface area (Å²) in [7, 11) is 0. The van der Waals surface area contributed by atoms with E-state index in [1.165, 1.54) is 34.6 Å². The van der Waals surface area contributed by atoms with Gasteiger partial charge in [0.1, 0.15) is 12.7 Å². The summed E-state index contributed by atoms with van der Waals surface area (Å²) in [5.41, 5.74) is 11.5. The molecule has 0 amide bonds. The first-order chi connectivity index (χ1) is 38.7. The Morgan fingerprint density at radius 2 is 0.875 bits per heavy atom. The Bertz CT molecular complexity index is 3140. The van der Waals surface area contributed by atoms with Crippen molar-refractivity contribution in [2.75, 3.05) is 0 Å². The van der Waals surface area contributed by atoms with Crippen LogP contribution in [0.5, 0.6) is 0 Å². The van der Waals surface area contributed by atoms with Gasteiger partial charge in [-0.05, 0) is 82.3 Å². The van der Waals surface area contributed by atoms with Crippen LogP contribution in [0.2, 0.25) is 0 Å². The van der Waals surface area contributed by atoms with Crippen molar-refractivity contribution >= 4 is 0 Å². The monoisotopic (exact) mass is 1080 g/mol. The van der Waals surface area contributed by atoms with E-state index in [1.807, 2.05) is 101 Å². The summed E-state index contributed by atoms with van der Waals surface area (Å²) in [6.45, 7) is 24.7. The van der Waals surface area contributed by atoms with Gasteiger partial charge in [0.15, 0.2) is 11.6 Å². The van der Waals surface area contributed by atoms with Gasteiger partial charge < -0.3 is 21.3 Å². The Kier molecular flexibility index (Phi) is 24.8. The number of nitrogens with zero attached hydrogens (tertiary/aromatic N) is 11. The Hall–Kier alpha value is -8.28. The fourth-order valence-corrected chi connectivity index (χ4v) is 7.85. The van der Waals surface area contributed by atoms with Crippen LogP contribution in [0.4, 0.5) is 4.39 Å². The molecule has 0 saturated carbocycles. The average Bonchev–Trinajstić information content (AvgIpc) is 4.35. The van der Waals surface area contributed by atoms with Crippen molar-refractivity contribution in [3.05, 3.63) is 235 Å². The maximum atomic E-state index is 13.0. The van der Waals surface area contributed by atoms with E-state index in [0.717, 1.165) is 65.9 Å². The molecule has 4 N–H and O–H groups in total. The van der Waals surface area contributed by atoms with Crippen LogP contribution in [-0.4, -0.2) is 78.2 Å². The highest BCUT2D eigenvalue weighted by Crippen LogP contribution is 2.21. The van der Waals surface area contributed by atoms with Gasteiger partial charge in [-0.25, -0.2) is 38.1 Å². The van der Waals surface area contributed by atoms with Crippen LogP contribution in [0.1, 0.15) is 103 Å². The third kappa shape index (κ3) is 20.2. The van der Waals surface area contributed by atoms with Gasteiger partial charge in [0.25, 0.3) is 0 Å². The van der Waals surface area contributed by atoms with Gasteiger partial charge >= 0.3 is 0 Å². The van der Waals surface area contributed by atoms with E-state index in [9.17, 15) is 4.39 Å². The molecular weight excluding hydrogens is 998 g/mol. The van der Waals surface area contributed by atoms with Crippen LogP contribution in [0, 0.1) is 5.82 Å². The summed E-state index contributed by atoms with van der Waals surface area (Å²) in [5, 5.41) is 30.2. The third-order valence-corrected chi connectivity index (χ3v) is 12.1. The normalized spacial score (nSPS) is 10.9. The summed E-state index contributed by atoms with van der Waals surface area (Å²) in [6.07, 6.45) is 16.9. The number of para-hydroxylation sites is 3. The van der Waals surface area contributed by atoms with Crippen molar-refractivity contribution in [1.82, 2.24) is 75.3 Å². The molecule has 10 rings (SSSR count). The van der Waals surface area contributed by atoms with E-state index >= 15 is 0 Å². The summed E-state index contributed by atoms with van der Waals surface area (Å²) in [6, 6.07) is 48.7. The first-order valence-corrected chi connectivity index (χ1v) is 27.4. The van der Waals surface area contributed by atoms with Crippen molar-refractivity contribution in [2.24, 2.45) is 0 Å². The molecule has 0 aliphatic carbocycles. The van der Waals surface area contributed by atoms with E-state index < -0.39 is 0 Å². The van der Waals surface area contributed by atoms with Crippen LogP contribution < -0.4 is 21.3 Å². The second-order valence-electron chi connectivity index (χ2n) is 20.3. The van der Waals surface area contributed by atoms with Crippen molar-refractivity contribution in [3.63, 3.8) is 0 Å². The fourth-order valence-electron chi connectivity index (χ4n) is 7.85. The number of halogens is 1. The Morgan fingerprint density at radius 3 is 1.31 bits per heavy atom. The first kappa shape index (κ1) is 60.9. The summed E-state index contributed by atoms with van der Waals surface area (Å²) in [5.74, 6) is 1.05. The van der Waals surface area contributed by atoms with Gasteiger partial charge in [0.2, 0.25) is 0 Å². The lowest BCUT2D eigenvalue weighted by Gasteiger charge is -2.12. The van der Waals surface area contributed by atoms with Crippen LogP contribution >= 0.6 is 0 Å². The van der Waals surface area contributed by atoms with E-state index in [-0.39, 0.29) is 5.82 Å². The SMILES string of the molecule is CC(C)NCc1ccccc1-c1ncccn1.CC(C)NCc1ccccc1-n1cc(F)cn1.CC(C)NCc1ccccc1-n1cccn1.CC(C)NCc1ccccc1-n1cncn1.CC(C)c1ccc(-n2cccn2)cc1. The average molecular weight is 1080 g/mol. The predicted octanol–water partition coefficient (Wildman–Crippen LogP) is 12.3. The molecule has 5 aromatic carbocycles. The molecule has 5 heterocycles. The van der Waals surface area contributed by atoms with E-state index in [2.05, 4.69) is 187 Å². The molecule has 10 aromatic rings. The molecule has 418 valence electrons. The lowest BCUT2D eigenvalue weighted by molar-refractivity contribution is 0.586. The third-order valence-electron chi connectivity index (χ3n) is 12.1. The minimum absolute atomic E-state index is 0.323. The highest BCUT2D eigenvalue weighted by molar-refractivity contribution is 5.59. The zero-order chi connectivity index (χ0) is 57.1. The van der Waals surface area contributed by atoms with Gasteiger partial charge in [-0.15, -0.1) is 0 Å². The topological polar surface area (TPSA) is 158 Å².